The third kappa shape index (κ3) is 5.09. The number of nitrogens with zero attached hydrogens (tertiary/aromatic N) is 2. The maximum Gasteiger partial charge on any atom is 0.205 e. The number of rotatable bonds is 4. The number of nitrogens with one attached hydrogen (secondary N) is 1. The van der Waals surface area contributed by atoms with E-state index in [1.165, 1.54) is 0 Å². The lowest BCUT2D eigenvalue weighted by molar-refractivity contribution is 0.345. The molecule has 1 atom stereocenters. The summed E-state index contributed by atoms with van der Waals surface area (Å²) in [7, 11) is 0. The van der Waals surface area contributed by atoms with Crippen molar-refractivity contribution in [1.29, 1.82) is 0 Å². The van der Waals surface area contributed by atoms with E-state index < -0.39 is 0 Å². The Morgan fingerprint density at radius 3 is 2.53 bits per heavy atom. The molecule has 5 heteroatoms. The fraction of sp³-hybridized carbons (Fsp3) is 0.800. The number of aryl methyl sites for hydroxylation is 1. The van der Waals surface area contributed by atoms with Crippen LogP contribution in [-0.2, 0) is 0 Å². The van der Waals surface area contributed by atoms with Crippen LogP contribution in [-0.4, -0.2) is 22.8 Å². The Morgan fingerprint density at radius 1 is 1.40 bits per heavy atom. The minimum absolute atomic E-state index is 0.161. The molecule has 3 N–H and O–H groups in total. The summed E-state index contributed by atoms with van der Waals surface area (Å²) in [5.74, 6) is 0. The van der Waals surface area contributed by atoms with Gasteiger partial charge in [0, 0.05) is 12.6 Å². The number of anilines is 1. The van der Waals surface area contributed by atoms with E-state index in [0.717, 1.165) is 23.1 Å². The van der Waals surface area contributed by atoms with Crippen molar-refractivity contribution >= 4 is 16.5 Å². The molecule has 0 fully saturated rings. The van der Waals surface area contributed by atoms with E-state index >= 15 is 0 Å². The van der Waals surface area contributed by atoms with Crippen LogP contribution < -0.4 is 11.1 Å². The van der Waals surface area contributed by atoms with Gasteiger partial charge in [0.05, 0.1) is 0 Å². The number of aromatic nitrogens is 2. The molecule has 15 heavy (non-hydrogen) atoms. The summed E-state index contributed by atoms with van der Waals surface area (Å²) < 4.78 is 0. The largest absolute Gasteiger partial charge is 0.359 e. The summed E-state index contributed by atoms with van der Waals surface area (Å²) in [5, 5.41) is 13.0. The Morgan fingerprint density at radius 2 is 2.07 bits per heavy atom. The van der Waals surface area contributed by atoms with Gasteiger partial charge < -0.3 is 11.1 Å². The number of hydrogen-bond acceptors (Lipinski definition) is 5. The smallest absolute Gasteiger partial charge is 0.205 e. The quantitative estimate of drug-likeness (QED) is 0.827. The van der Waals surface area contributed by atoms with E-state index in [2.05, 4.69) is 36.3 Å². The maximum absolute atomic E-state index is 6.01. The Bertz CT molecular complexity index is 303. The van der Waals surface area contributed by atoms with E-state index in [1.54, 1.807) is 11.3 Å². The van der Waals surface area contributed by atoms with Crippen molar-refractivity contribution in [2.45, 2.75) is 40.2 Å². The molecule has 1 heterocycles. The second-order valence-electron chi connectivity index (χ2n) is 5.03. The zero-order valence-corrected chi connectivity index (χ0v) is 10.7. The number of hydrogen-bond donors (Lipinski definition) is 2. The van der Waals surface area contributed by atoms with E-state index in [1.807, 2.05) is 6.92 Å². The first-order valence-electron chi connectivity index (χ1n) is 5.16. The van der Waals surface area contributed by atoms with Gasteiger partial charge in [-0.15, -0.1) is 10.2 Å². The predicted molar refractivity (Wildman–Crippen MR) is 65.2 cm³/mol. The van der Waals surface area contributed by atoms with Gasteiger partial charge in [-0.05, 0) is 18.8 Å². The van der Waals surface area contributed by atoms with Crippen LogP contribution in [0.2, 0.25) is 0 Å². The highest BCUT2D eigenvalue weighted by atomic mass is 32.1. The molecule has 4 nitrogen and oxygen atoms in total. The molecule has 1 aromatic heterocycles. The monoisotopic (exact) mass is 228 g/mol. The minimum Gasteiger partial charge on any atom is -0.359 e. The molecule has 0 aliphatic carbocycles. The van der Waals surface area contributed by atoms with Crippen LogP contribution in [0.4, 0.5) is 5.13 Å². The molecule has 0 aliphatic heterocycles. The normalized spacial score (nSPS) is 13.9. The molecule has 0 radical (unpaired) electrons. The predicted octanol–water partition coefficient (Wildman–Crippen LogP) is 2.02. The van der Waals surface area contributed by atoms with Gasteiger partial charge >= 0.3 is 0 Å². The summed E-state index contributed by atoms with van der Waals surface area (Å²) in [4.78, 5) is 0. The van der Waals surface area contributed by atoms with E-state index in [0.29, 0.717) is 0 Å². The summed E-state index contributed by atoms with van der Waals surface area (Å²) in [6.45, 7) is 9.29. The third-order valence-electron chi connectivity index (χ3n) is 1.92. The second kappa shape index (κ2) is 4.90. The highest BCUT2D eigenvalue weighted by Gasteiger charge is 2.15. The van der Waals surface area contributed by atoms with Gasteiger partial charge in [-0.1, -0.05) is 32.1 Å². The molecule has 0 aliphatic rings. The van der Waals surface area contributed by atoms with Crippen LogP contribution in [0, 0.1) is 12.3 Å². The van der Waals surface area contributed by atoms with Crippen LogP contribution in [0.3, 0.4) is 0 Å². The van der Waals surface area contributed by atoms with Crippen LogP contribution >= 0.6 is 11.3 Å². The third-order valence-corrected chi connectivity index (χ3v) is 2.71. The molecule has 0 spiro atoms. The summed E-state index contributed by atoms with van der Waals surface area (Å²) in [5.41, 5.74) is 6.28. The molecule has 1 unspecified atom stereocenters. The molecular weight excluding hydrogens is 208 g/mol. The van der Waals surface area contributed by atoms with Gasteiger partial charge in [0.15, 0.2) is 0 Å². The molecule has 0 amide bonds. The van der Waals surface area contributed by atoms with Crippen molar-refractivity contribution in [3.63, 3.8) is 0 Å². The van der Waals surface area contributed by atoms with Crippen LogP contribution in [0.5, 0.6) is 0 Å². The highest BCUT2D eigenvalue weighted by molar-refractivity contribution is 7.15. The minimum atomic E-state index is 0.161. The van der Waals surface area contributed by atoms with Gasteiger partial charge in [0.2, 0.25) is 5.13 Å². The average molecular weight is 228 g/mol. The first-order chi connectivity index (χ1) is 6.87. The van der Waals surface area contributed by atoms with E-state index in [9.17, 15) is 0 Å². The SMILES string of the molecule is Cc1nnc(NCC(N)CC(C)(C)C)s1. The molecule has 1 rings (SSSR count). The maximum atomic E-state index is 6.01. The highest BCUT2D eigenvalue weighted by Crippen LogP contribution is 2.20. The van der Waals surface area contributed by atoms with E-state index in [4.69, 9.17) is 5.73 Å². The lowest BCUT2D eigenvalue weighted by Crippen LogP contribution is -2.33. The standard InChI is InChI=1S/C10H20N4S/c1-7-13-14-9(15-7)12-6-8(11)5-10(2,3)4/h8H,5-6,11H2,1-4H3,(H,12,14). The Balaban J connectivity index is 2.31. The Kier molecular flexibility index (Phi) is 4.04. The molecule has 0 aromatic carbocycles. The average Bonchev–Trinajstić information content (AvgIpc) is 2.45. The summed E-state index contributed by atoms with van der Waals surface area (Å²) >= 11 is 1.56. The molecule has 86 valence electrons. The fourth-order valence-corrected chi connectivity index (χ4v) is 2.04. The van der Waals surface area contributed by atoms with Crippen molar-refractivity contribution < 1.29 is 0 Å². The van der Waals surface area contributed by atoms with Gasteiger partial charge in [0.25, 0.3) is 0 Å². The van der Waals surface area contributed by atoms with E-state index in [-0.39, 0.29) is 11.5 Å². The first kappa shape index (κ1) is 12.4. The topological polar surface area (TPSA) is 63.8 Å². The van der Waals surface area contributed by atoms with Crippen LogP contribution in [0.1, 0.15) is 32.2 Å². The van der Waals surface area contributed by atoms with Crippen molar-refractivity contribution in [2.75, 3.05) is 11.9 Å². The van der Waals surface area contributed by atoms with Gasteiger partial charge in [-0.3, -0.25) is 0 Å². The van der Waals surface area contributed by atoms with Gasteiger partial charge in [-0.25, -0.2) is 0 Å². The lowest BCUT2D eigenvalue weighted by atomic mass is 9.88. The lowest BCUT2D eigenvalue weighted by Gasteiger charge is -2.23. The number of nitrogens with two attached hydrogens (primary N) is 1. The van der Waals surface area contributed by atoms with Crippen LogP contribution in [0.15, 0.2) is 0 Å². The summed E-state index contributed by atoms with van der Waals surface area (Å²) in [6, 6.07) is 0.161. The van der Waals surface area contributed by atoms with Crippen LogP contribution in [0.25, 0.3) is 0 Å². The molecule has 0 saturated carbocycles. The van der Waals surface area contributed by atoms with Crippen molar-refractivity contribution in [1.82, 2.24) is 10.2 Å². The molecular formula is C10H20N4S. The fourth-order valence-electron chi connectivity index (χ4n) is 1.45. The van der Waals surface area contributed by atoms with Crippen molar-refractivity contribution in [2.24, 2.45) is 11.1 Å². The zero-order valence-electron chi connectivity index (χ0n) is 9.87. The Hall–Kier alpha value is -0.680. The first-order valence-corrected chi connectivity index (χ1v) is 5.98. The Labute approximate surface area is 95.3 Å². The van der Waals surface area contributed by atoms with Gasteiger partial charge in [-0.2, -0.15) is 0 Å². The molecule has 1 aromatic rings. The van der Waals surface area contributed by atoms with Crippen molar-refractivity contribution in [3.05, 3.63) is 5.01 Å². The van der Waals surface area contributed by atoms with Gasteiger partial charge in [0.1, 0.15) is 5.01 Å². The zero-order chi connectivity index (χ0) is 11.5. The van der Waals surface area contributed by atoms with Crippen molar-refractivity contribution in [3.8, 4) is 0 Å². The molecule has 0 saturated heterocycles. The summed E-state index contributed by atoms with van der Waals surface area (Å²) in [6.07, 6.45) is 0.998. The second-order valence-corrected chi connectivity index (χ2v) is 6.21. The molecule has 0 bridgehead atoms.